The number of benzene rings is 1. The summed E-state index contributed by atoms with van der Waals surface area (Å²) in [6.07, 6.45) is 2.84. The van der Waals surface area contributed by atoms with Crippen molar-refractivity contribution in [1.29, 1.82) is 0 Å². The minimum atomic E-state index is -0.495. The first-order valence-corrected chi connectivity index (χ1v) is 8.30. The zero-order chi connectivity index (χ0) is 17.3. The number of aromatic nitrogens is 2. The highest BCUT2D eigenvalue weighted by molar-refractivity contribution is 5.80. The number of rotatable bonds is 1. The molecule has 0 unspecified atom stereocenters. The molecule has 1 fully saturated rings. The first-order chi connectivity index (χ1) is 11.3. The smallest absolute Gasteiger partial charge is 0.410 e. The molecule has 0 saturated carbocycles. The molecule has 0 atom stereocenters. The van der Waals surface area contributed by atoms with E-state index in [2.05, 4.69) is 5.10 Å². The van der Waals surface area contributed by atoms with Crippen molar-refractivity contribution in [1.82, 2.24) is 14.7 Å². The van der Waals surface area contributed by atoms with E-state index in [1.54, 1.807) is 15.8 Å². The van der Waals surface area contributed by atoms with E-state index in [1.807, 2.05) is 45.0 Å². The van der Waals surface area contributed by atoms with Crippen LogP contribution in [-0.4, -0.2) is 39.5 Å². The van der Waals surface area contributed by atoms with Gasteiger partial charge in [-0.3, -0.25) is 4.79 Å². The van der Waals surface area contributed by atoms with Gasteiger partial charge in [0.05, 0.1) is 17.6 Å². The van der Waals surface area contributed by atoms with Crippen LogP contribution in [0.1, 0.15) is 39.7 Å². The van der Waals surface area contributed by atoms with Gasteiger partial charge < -0.3 is 9.64 Å². The lowest BCUT2D eigenvalue weighted by Gasteiger charge is -2.33. The van der Waals surface area contributed by atoms with Crippen LogP contribution in [0.3, 0.4) is 0 Å². The number of carbonyl (C=O) groups excluding carboxylic acids is 1. The molecule has 6 heteroatoms. The number of hydrogen-bond acceptors (Lipinski definition) is 4. The molecule has 1 aliphatic rings. The third-order valence-electron chi connectivity index (χ3n) is 4.18. The molecular formula is C18H23N3O3. The number of fused-ring (bicyclic) bond motifs is 1. The predicted octanol–water partition coefficient (Wildman–Crippen LogP) is 2.97. The third kappa shape index (κ3) is 3.42. The van der Waals surface area contributed by atoms with E-state index in [-0.39, 0.29) is 17.7 Å². The number of ether oxygens (including phenoxy) is 1. The molecule has 24 heavy (non-hydrogen) atoms. The molecule has 2 heterocycles. The summed E-state index contributed by atoms with van der Waals surface area (Å²) < 4.78 is 6.97. The van der Waals surface area contributed by atoms with E-state index in [0.717, 1.165) is 5.39 Å². The minimum Gasteiger partial charge on any atom is -0.444 e. The molecule has 0 aliphatic carbocycles. The molecule has 2 aromatic rings. The first kappa shape index (κ1) is 16.5. The Balaban J connectivity index is 1.72. The van der Waals surface area contributed by atoms with E-state index in [1.165, 1.54) is 0 Å². The summed E-state index contributed by atoms with van der Waals surface area (Å²) in [5.41, 5.74) is -0.561. The van der Waals surface area contributed by atoms with Crippen molar-refractivity contribution in [3.8, 4) is 0 Å². The van der Waals surface area contributed by atoms with E-state index in [4.69, 9.17) is 4.74 Å². The summed E-state index contributed by atoms with van der Waals surface area (Å²) in [6.45, 7) is 6.71. The van der Waals surface area contributed by atoms with Crippen LogP contribution in [-0.2, 0) is 4.74 Å². The SMILES string of the molecule is CC(C)(C)OC(=O)N1CCC(n2ncc3ccccc3c2=O)CC1. The standard InChI is InChI=1S/C18H23N3O3/c1-18(2,3)24-17(23)20-10-8-14(9-11-20)21-16(22)15-7-5-4-6-13(15)12-19-21/h4-7,12,14H,8-11H2,1-3H3. The average Bonchev–Trinajstić information content (AvgIpc) is 2.54. The van der Waals surface area contributed by atoms with E-state index >= 15 is 0 Å². The van der Waals surface area contributed by atoms with Gasteiger partial charge in [-0.15, -0.1) is 0 Å². The van der Waals surface area contributed by atoms with Crippen molar-refractivity contribution in [3.05, 3.63) is 40.8 Å². The summed E-state index contributed by atoms with van der Waals surface area (Å²) in [6, 6.07) is 7.48. The lowest BCUT2D eigenvalue weighted by molar-refractivity contribution is 0.0183. The summed E-state index contributed by atoms with van der Waals surface area (Å²) in [5.74, 6) is 0. The van der Waals surface area contributed by atoms with Crippen LogP contribution >= 0.6 is 0 Å². The normalized spacial score (nSPS) is 16.4. The molecule has 6 nitrogen and oxygen atoms in total. The molecule has 1 aromatic heterocycles. The monoisotopic (exact) mass is 329 g/mol. The Morgan fingerprint density at radius 3 is 2.54 bits per heavy atom. The van der Waals surface area contributed by atoms with Gasteiger partial charge in [0.2, 0.25) is 0 Å². The van der Waals surface area contributed by atoms with Crippen molar-refractivity contribution in [2.75, 3.05) is 13.1 Å². The van der Waals surface area contributed by atoms with Gasteiger partial charge in [0.15, 0.2) is 0 Å². The molecule has 1 aliphatic heterocycles. The lowest BCUT2D eigenvalue weighted by atomic mass is 10.1. The topological polar surface area (TPSA) is 64.4 Å². The number of nitrogens with zero attached hydrogens (tertiary/aromatic N) is 3. The van der Waals surface area contributed by atoms with Crippen LogP contribution in [0.5, 0.6) is 0 Å². The van der Waals surface area contributed by atoms with E-state index < -0.39 is 5.60 Å². The maximum absolute atomic E-state index is 12.6. The highest BCUT2D eigenvalue weighted by atomic mass is 16.6. The van der Waals surface area contributed by atoms with Crippen LogP contribution in [0.4, 0.5) is 4.79 Å². The summed E-state index contributed by atoms with van der Waals surface area (Å²) in [7, 11) is 0. The van der Waals surface area contributed by atoms with Gasteiger partial charge in [-0.05, 0) is 39.7 Å². The van der Waals surface area contributed by atoms with Crippen molar-refractivity contribution >= 4 is 16.9 Å². The summed E-state index contributed by atoms with van der Waals surface area (Å²) in [4.78, 5) is 26.4. The fourth-order valence-electron chi connectivity index (χ4n) is 2.98. The molecule has 128 valence electrons. The number of hydrogen-bond donors (Lipinski definition) is 0. The Morgan fingerprint density at radius 2 is 1.88 bits per heavy atom. The Bertz CT molecular complexity index is 799. The molecular weight excluding hydrogens is 306 g/mol. The maximum Gasteiger partial charge on any atom is 0.410 e. The second-order valence-corrected chi connectivity index (χ2v) is 7.18. The second-order valence-electron chi connectivity index (χ2n) is 7.18. The largest absolute Gasteiger partial charge is 0.444 e. The highest BCUT2D eigenvalue weighted by Crippen LogP contribution is 2.22. The molecule has 0 spiro atoms. The number of likely N-dealkylation sites (tertiary alicyclic amines) is 1. The molecule has 0 N–H and O–H groups in total. The Morgan fingerprint density at radius 1 is 1.21 bits per heavy atom. The fraction of sp³-hybridized carbons (Fsp3) is 0.500. The highest BCUT2D eigenvalue weighted by Gasteiger charge is 2.28. The predicted molar refractivity (Wildman–Crippen MR) is 92.1 cm³/mol. The van der Waals surface area contributed by atoms with E-state index in [0.29, 0.717) is 31.3 Å². The van der Waals surface area contributed by atoms with Crippen LogP contribution in [0.15, 0.2) is 35.3 Å². The Kier molecular flexibility index (Phi) is 4.30. The molecule has 3 rings (SSSR count). The molecule has 1 saturated heterocycles. The van der Waals surface area contributed by atoms with Gasteiger partial charge in [-0.2, -0.15) is 5.10 Å². The second kappa shape index (κ2) is 6.26. The minimum absolute atomic E-state index is 0.0146. The van der Waals surface area contributed by atoms with Crippen LogP contribution in [0.25, 0.3) is 10.8 Å². The lowest BCUT2D eigenvalue weighted by Crippen LogP contribution is -2.43. The molecule has 1 aromatic carbocycles. The van der Waals surface area contributed by atoms with Crippen molar-refractivity contribution in [2.45, 2.75) is 45.3 Å². The molecule has 1 amide bonds. The van der Waals surface area contributed by atoms with Crippen molar-refractivity contribution in [2.24, 2.45) is 0 Å². The van der Waals surface area contributed by atoms with Crippen LogP contribution in [0.2, 0.25) is 0 Å². The van der Waals surface area contributed by atoms with Gasteiger partial charge in [-0.25, -0.2) is 9.48 Å². The Labute approximate surface area is 141 Å². The van der Waals surface area contributed by atoms with Gasteiger partial charge in [-0.1, -0.05) is 18.2 Å². The first-order valence-electron chi connectivity index (χ1n) is 8.30. The maximum atomic E-state index is 12.6. The average molecular weight is 329 g/mol. The molecule has 0 radical (unpaired) electrons. The van der Waals surface area contributed by atoms with Gasteiger partial charge in [0.25, 0.3) is 5.56 Å². The van der Waals surface area contributed by atoms with Crippen molar-refractivity contribution < 1.29 is 9.53 Å². The fourth-order valence-corrected chi connectivity index (χ4v) is 2.98. The summed E-state index contributed by atoms with van der Waals surface area (Å²) in [5, 5.41) is 5.86. The zero-order valence-corrected chi connectivity index (χ0v) is 14.4. The number of carbonyl (C=O) groups is 1. The van der Waals surface area contributed by atoms with E-state index in [9.17, 15) is 9.59 Å². The van der Waals surface area contributed by atoms with Crippen LogP contribution < -0.4 is 5.56 Å². The van der Waals surface area contributed by atoms with Gasteiger partial charge in [0.1, 0.15) is 5.60 Å². The van der Waals surface area contributed by atoms with Crippen LogP contribution in [0, 0.1) is 0 Å². The van der Waals surface area contributed by atoms with Gasteiger partial charge in [0, 0.05) is 18.5 Å². The third-order valence-corrected chi connectivity index (χ3v) is 4.18. The quantitative estimate of drug-likeness (QED) is 0.807. The Hall–Kier alpha value is -2.37. The zero-order valence-electron chi connectivity index (χ0n) is 14.4. The summed E-state index contributed by atoms with van der Waals surface area (Å²) >= 11 is 0. The number of piperidine rings is 1. The van der Waals surface area contributed by atoms with Crippen molar-refractivity contribution in [3.63, 3.8) is 0 Å². The van der Waals surface area contributed by atoms with Gasteiger partial charge >= 0.3 is 6.09 Å². The molecule has 0 bridgehead atoms. The number of amides is 1.